The molecule has 13 heteroatoms. The summed E-state index contributed by atoms with van der Waals surface area (Å²) in [6, 6.07) is 0. The molecule has 35 heavy (non-hydrogen) atoms. The van der Waals surface area contributed by atoms with Crippen LogP contribution in [0.15, 0.2) is 74.9 Å². The molecule has 0 atom stereocenters. The maximum Gasteiger partial charge on any atom is 2.00 e. The average Bonchev–Trinajstić information content (AvgIpc) is 3.70. The van der Waals surface area contributed by atoms with Gasteiger partial charge in [0.05, 0.1) is 25.3 Å². The number of rotatable bonds is 4. The molecular weight excluding hydrogens is 527 g/mol. The van der Waals surface area contributed by atoms with Crippen LogP contribution < -0.4 is 0 Å². The zero-order valence-electron chi connectivity index (χ0n) is 20.4. The Morgan fingerprint density at radius 2 is 0.714 bits per heavy atom. The van der Waals surface area contributed by atoms with E-state index in [4.69, 9.17) is 10.8 Å². The van der Waals surface area contributed by atoms with E-state index in [1.807, 2.05) is 43.1 Å². The summed E-state index contributed by atoms with van der Waals surface area (Å²) in [6.07, 6.45) is 22.1. The molecule has 0 unspecified atom stereocenters. The smallest absolute Gasteiger partial charge is 0.753 e. The van der Waals surface area contributed by atoms with Crippen LogP contribution in [0, 0.1) is 0 Å². The van der Waals surface area contributed by atoms with E-state index in [0.717, 1.165) is 26.2 Å². The molecule has 0 bridgehead atoms. The fourth-order valence-corrected chi connectivity index (χ4v) is 1.90. The molecule has 10 nitrogen and oxygen atoms in total. The summed E-state index contributed by atoms with van der Waals surface area (Å²) in [7, 11) is 0. The average molecular weight is 559 g/mol. The van der Waals surface area contributed by atoms with Gasteiger partial charge in [-0.2, -0.15) is 10.3 Å². The zero-order valence-corrected chi connectivity index (χ0v) is 23.0. The van der Waals surface area contributed by atoms with Gasteiger partial charge in [-0.3, -0.25) is 0 Å². The van der Waals surface area contributed by atoms with Crippen LogP contribution in [0.1, 0.15) is 27.7 Å². The van der Waals surface area contributed by atoms with Crippen LogP contribution >= 0.6 is 24.4 Å². The van der Waals surface area contributed by atoms with Gasteiger partial charge in [-0.1, -0.05) is 24.4 Å². The standard InChI is InChI=1S/4C5H8N2.2CNS.Ni/c4*1-2-7-4-3-6-5-7;2*2-1-3;/h4*3-5H,2H2,1H3;;;/q;;;;2*-1;+2. The van der Waals surface area contributed by atoms with E-state index in [2.05, 4.69) is 72.1 Å². The van der Waals surface area contributed by atoms with E-state index >= 15 is 0 Å². The minimum absolute atomic E-state index is 0. The molecule has 0 amide bonds. The number of thiocarbonyl (C=S) groups is 2. The first-order valence-corrected chi connectivity index (χ1v) is 11.2. The third-order valence-corrected chi connectivity index (χ3v) is 3.70. The zero-order chi connectivity index (χ0) is 25.9. The Morgan fingerprint density at radius 3 is 0.771 bits per heavy atom. The first kappa shape index (κ1) is 36.5. The Balaban J connectivity index is -0.000000360. The summed E-state index contributed by atoms with van der Waals surface area (Å²) in [5.74, 6) is 0. The Morgan fingerprint density at radius 1 is 0.543 bits per heavy atom. The molecule has 4 aromatic rings. The Labute approximate surface area is 228 Å². The molecule has 0 saturated carbocycles. The van der Waals surface area contributed by atoms with Crippen molar-refractivity contribution in [1.29, 1.82) is 0 Å². The molecule has 0 spiro atoms. The van der Waals surface area contributed by atoms with Gasteiger partial charge in [0.15, 0.2) is 0 Å². The van der Waals surface area contributed by atoms with Crippen LogP contribution in [-0.2, 0) is 42.7 Å². The van der Waals surface area contributed by atoms with Gasteiger partial charge in [0.1, 0.15) is 0 Å². The van der Waals surface area contributed by atoms with Crippen molar-refractivity contribution in [2.24, 2.45) is 0 Å². The topological polar surface area (TPSA) is 116 Å². The normalized spacial score (nSPS) is 7.89. The second kappa shape index (κ2) is 29.0. The SMILES string of the molecule is CCn1ccnc1.CCn1ccnc1.CCn1ccnc1.CCn1ccnc1.[N-]=C=S.[N-]=C=S.[Ni+2]. The van der Waals surface area contributed by atoms with Crippen molar-refractivity contribution in [3.05, 3.63) is 85.7 Å². The number of aromatic nitrogens is 8. The van der Waals surface area contributed by atoms with Gasteiger partial charge < -0.3 is 29.1 Å². The molecule has 4 heterocycles. The molecule has 0 aliphatic heterocycles. The Hall–Kier alpha value is -3.07. The van der Waals surface area contributed by atoms with Gasteiger partial charge in [-0.05, 0) is 27.7 Å². The summed E-state index contributed by atoms with van der Waals surface area (Å²) in [5.41, 5.74) is 0. The maximum absolute atomic E-state index is 7.13. The van der Waals surface area contributed by atoms with Crippen molar-refractivity contribution in [1.82, 2.24) is 38.2 Å². The fraction of sp³-hybridized carbons (Fsp3) is 0.364. The molecule has 4 rings (SSSR count). The van der Waals surface area contributed by atoms with E-state index < -0.39 is 0 Å². The molecular formula is C22H32N10NiS2. The molecule has 0 radical (unpaired) electrons. The first-order valence-electron chi connectivity index (χ1n) is 10.4. The quantitative estimate of drug-likeness (QED) is 0.199. The number of hydrogen-bond acceptors (Lipinski definition) is 6. The van der Waals surface area contributed by atoms with Crippen LogP contribution in [0.25, 0.3) is 10.8 Å². The molecule has 0 N–H and O–H groups in total. The summed E-state index contributed by atoms with van der Waals surface area (Å²) in [5, 5.41) is 16.9. The summed E-state index contributed by atoms with van der Waals surface area (Å²) < 4.78 is 8.06. The van der Waals surface area contributed by atoms with Gasteiger partial charge in [0, 0.05) is 75.8 Å². The molecule has 0 saturated heterocycles. The summed E-state index contributed by atoms with van der Waals surface area (Å²) in [6.45, 7) is 12.4. The molecule has 0 fully saturated rings. The van der Waals surface area contributed by atoms with Crippen LogP contribution in [0.3, 0.4) is 0 Å². The van der Waals surface area contributed by atoms with Crippen LogP contribution in [0.2, 0.25) is 0 Å². The molecule has 4 aromatic heterocycles. The van der Waals surface area contributed by atoms with Gasteiger partial charge in [-0.15, -0.1) is 0 Å². The van der Waals surface area contributed by atoms with Crippen LogP contribution in [0.5, 0.6) is 0 Å². The third-order valence-electron chi connectivity index (χ3n) is 3.70. The maximum atomic E-state index is 7.13. The second-order valence-electron chi connectivity index (χ2n) is 5.76. The van der Waals surface area contributed by atoms with Gasteiger partial charge in [0.2, 0.25) is 0 Å². The van der Waals surface area contributed by atoms with E-state index in [-0.39, 0.29) is 16.5 Å². The number of hydrogen-bond donors (Lipinski definition) is 0. The van der Waals surface area contributed by atoms with Crippen molar-refractivity contribution in [3.8, 4) is 0 Å². The van der Waals surface area contributed by atoms with Crippen LogP contribution in [-0.4, -0.2) is 48.5 Å². The van der Waals surface area contributed by atoms with E-state index in [9.17, 15) is 0 Å². The van der Waals surface area contributed by atoms with Gasteiger partial charge in [0.25, 0.3) is 0 Å². The predicted molar refractivity (Wildman–Crippen MR) is 144 cm³/mol. The third kappa shape index (κ3) is 23.9. The number of nitrogens with zero attached hydrogens (tertiary/aromatic N) is 10. The van der Waals surface area contributed by atoms with Crippen molar-refractivity contribution < 1.29 is 16.5 Å². The number of aryl methyl sites for hydroxylation is 4. The second-order valence-corrected chi connectivity index (χ2v) is 6.12. The molecule has 0 aromatic carbocycles. The van der Waals surface area contributed by atoms with Crippen molar-refractivity contribution in [3.63, 3.8) is 0 Å². The van der Waals surface area contributed by atoms with Gasteiger partial charge in [-0.25, -0.2) is 19.9 Å². The largest absolute Gasteiger partial charge is 2.00 e. The number of imidazole rings is 4. The molecule has 192 valence electrons. The van der Waals surface area contributed by atoms with Crippen molar-refractivity contribution >= 4 is 34.8 Å². The van der Waals surface area contributed by atoms with E-state index in [0.29, 0.717) is 0 Å². The van der Waals surface area contributed by atoms with Crippen LogP contribution in [0.4, 0.5) is 0 Å². The van der Waals surface area contributed by atoms with E-state index in [1.165, 1.54) is 10.3 Å². The van der Waals surface area contributed by atoms with E-state index in [1.54, 1.807) is 50.1 Å². The van der Waals surface area contributed by atoms with Gasteiger partial charge >= 0.3 is 16.5 Å². The fourth-order valence-electron chi connectivity index (χ4n) is 1.90. The summed E-state index contributed by atoms with van der Waals surface area (Å²) in [4.78, 5) is 15.4. The van der Waals surface area contributed by atoms with Crippen molar-refractivity contribution in [2.75, 3.05) is 0 Å². The van der Waals surface area contributed by atoms with Crippen molar-refractivity contribution in [2.45, 2.75) is 53.9 Å². The monoisotopic (exact) mass is 558 g/mol. The minimum Gasteiger partial charge on any atom is -0.753 e. The summed E-state index contributed by atoms with van der Waals surface area (Å²) >= 11 is 7.40. The molecule has 0 aliphatic carbocycles. The Kier molecular flexibility index (Phi) is 30.2. The first-order chi connectivity index (χ1) is 16.6. The minimum atomic E-state index is 0. The Bertz CT molecular complexity index is 793. The molecule has 0 aliphatic rings. The number of isothiocyanates is 2. The predicted octanol–water partition coefficient (Wildman–Crippen LogP) is 4.93.